The molecule has 0 aromatic heterocycles. The van der Waals surface area contributed by atoms with Gasteiger partial charge in [-0.15, -0.1) is 0 Å². The molecule has 86 valence electrons. The van der Waals surface area contributed by atoms with Crippen molar-refractivity contribution in [2.75, 3.05) is 6.54 Å². The van der Waals surface area contributed by atoms with Gasteiger partial charge in [-0.3, -0.25) is 0 Å². The van der Waals surface area contributed by atoms with Gasteiger partial charge in [0.2, 0.25) is 0 Å². The van der Waals surface area contributed by atoms with Gasteiger partial charge >= 0.3 is 0 Å². The zero-order valence-electron chi connectivity index (χ0n) is 9.98. The van der Waals surface area contributed by atoms with E-state index in [1.165, 1.54) is 16.7 Å². The topological polar surface area (TPSA) is 35.8 Å². The molecular weight excluding hydrogens is 208 g/mol. The first-order valence-corrected chi connectivity index (χ1v) is 5.88. The van der Waals surface area contributed by atoms with E-state index in [4.69, 9.17) is 5.26 Å². The van der Waals surface area contributed by atoms with E-state index < -0.39 is 0 Å². The number of rotatable bonds is 3. The summed E-state index contributed by atoms with van der Waals surface area (Å²) in [5.41, 5.74) is 3.71. The molecule has 0 radical (unpaired) electrons. The number of nitrogens with one attached hydrogen (secondary N) is 1. The summed E-state index contributed by atoms with van der Waals surface area (Å²) in [4.78, 5) is 0. The van der Waals surface area contributed by atoms with Gasteiger partial charge in [0.05, 0.1) is 6.07 Å². The molecule has 17 heavy (non-hydrogen) atoms. The third-order valence-corrected chi connectivity index (χ3v) is 3.01. The maximum Gasteiger partial charge on any atom is 0.0628 e. The molecule has 2 nitrogen and oxygen atoms in total. The molecule has 2 rings (SSSR count). The fourth-order valence-corrected chi connectivity index (χ4v) is 1.95. The fraction of sp³-hybridized carbons (Fsp3) is 0.267. The van der Waals surface area contributed by atoms with E-state index in [0.717, 1.165) is 6.54 Å². The van der Waals surface area contributed by atoms with Crippen molar-refractivity contribution < 1.29 is 0 Å². The fourth-order valence-electron chi connectivity index (χ4n) is 1.95. The Kier molecular flexibility index (Phi) is 3.62. The second kappa shape index (κ2) is 5.36. The minimum Gasteiger partial charge on any atom is -0.387 e. The summed E-state index contributed by atoms with van der Waals surface area (Å²) < 4.78 is 0. The van der Waals surface area contributed by atoms with Gasteiger partial charge in [0.1, 0.15) is 0 Å². The van der Waals surface area contributed by atoms with Crippen molar-refractivity contribution in [3.8, 4) is 6.07 Å². The van der Waals surface area contributed by atoms with Crippen molar-refractivity contribution in [2.45, 2.75) is 19.3 Å². The molecule has 1 unspecified atom stereocenters. The zero-order chi connectivity index (χ0) is 12.1. The maximum absolute atomic E-state index is 8.74. The maximum atomic E-state index is 8.74. The minimum absolute atomic E-state index is 0.297. The van der Waals surface area contributed by atoms with Crippen molar-refractivity contribution in [3.63, 3.8) is 0 Å². The van der Waals surface area contributed by atoms with E-state index in [2.05, 4.69) is 54.7 Å². The highest BCUT2D eigenvalue weighted by molar-refractivity contribution is 5.75. The summed E-state index contributed by atoms with van der Waals surface area (Å²) in [6, 6.07) is 10.7. The third-order valence-electron chi connectivity index (χ3n) is 3.01. The minimum atomic E-state index is 0.297. The van der Waals surface area contributed by atoms with Crippen LogP contribution < -0.4 is 5.32 Å². The van der Waals surface area contributed by atoms with E-state index in [9.17, 15) is 0 Å². The van der Waals surface area contributed by atoms with Gasteiger partial charge in [-0.1, -0.05) is 37.3 Å². The van der Waals surface area contributed by atoms with Crippen molar-refractivity contribution >= 4 is 5.57 Å². The van der Waals surface area contributed by atoms with Gasteiger partial charge in [0.15, 0.2) is 0 Å². The van der Waals surface area contributed by atoms with Gasteiger partial charge in [0.25, 0.3) is 0 Å². The zero-order valence-corrected chi connectivity index (χ0v) is 9.98. The van der Waals surface area contributed by atoms with Crippen LogP contribution >= 0.6 is 0 Å². The molecule has 2 heteroatoms. The van der Waals surface area contributed by atoms with Gasteiger partial charge in [-0.2, -0.15) is 5.26 Å². The lowest BCUT2D eigenvalue weighted by Gasteiger charge is -2.12. The lowest BCUT2D eigenvalue weighted by atomic mass is 9.94. The molecule has 0 fully saturated rings. The van der Waals surface area contributed by atoms with E-state index in [0.29, 0.717) is 12.3 Å². The van der Waals surface area contributed by atoms with E-state index in [-0.39, 0.29) is 0 Å². The molecule has 1 aromatic carbocycles. The Hall–Kier alpha value is -2.01. The summed E-state index contributed by atoms with van der Waals surface area (Å²) in [6.45, 7) is 2.97. The predicted octanol–water partition coefficient (Wildman–Crippen LogP) is 3.20. The van der Waals surface area contributed by atoms with Crippen LogP contribution in [0.5, 0.6) is 0 Å². The lowest BCUT2D eigenvalue weighted by molar-refractivity contribution is 0.788. The van der Waals surface area contributed by atoms with Gasteiger partial charge in [-0.05, 0) is 34.9 Å². The smallest absolute Gasteiger partial charge is 0.0628 e. The Labute approximate surface area is 102 Å². The number of dihydropyridines is 1. The quantitative estimate of drug-likeness (QED) is 0.855. The Bertz CT molecular complexity index is 492. The van der Waals surface area contributed by atoms with Crippen LogP contribution in [0.15, 0.2) is 42.6 Å². The highest BCUT2D eigenvalue weighted by Gasteiger charge is 2.07. The summed E-state index contributed by atoms with van der Waals surface area (Å²) >= 11 is 0. The highest BCUT2D eigenvalue weighted by Crippen LogP contribution is 2.24. The van der Waals surface area contributed by atoms with Crippen LogP contribution in [-0.2, 0) is 0 Å². The van der Waals surface area contributed by atoms with Crippen LogP contribution in [0, 0.1) is 11.3 Å². The Balaban J connectivity index is 2.25. The third kappa shape index (κ3) is 2.76. The van der Waals surface area contributed by atoms with Crippen LogP contribution in [0.3, 0.4) is 0 Å². The second-order valence-corrected chi connectivity index (χ2v) is 4.29. The van der Waals surface area contributed by atoms with Crippen LogP contribution in [-0.4, -0.2) is 6.54 Å². The monoisotopic (exact) mass is 224 g/mol. The predicted molar refractivity (Wildman–Crippen MR) is 70.2 cm³/mol. The molecule has 1 atom stereocenters. The lowest BCUT2D eigenvalue weighted by Crippen LogP contribution is -2.08. The number of allylic oxidation sites excluding steroid dienone is 2. The van der Waals surface area contributed by atoms with Gasteiger partial charge < -0.3 is 5.32 Å². The van der Waals surface area contributed by atoms with E-state index in [1.807, 2.05) is 6.20 Å². The van der Waals surface area contributed by atoms with Crippen LogP contribution in [0.25, 0.3) is 5.57 Å². The number of nitriles is 1. The number of benzene rings is 1. The molecule has 0 aliphatic carbocycles. The number of hydrogen-bond acceptors (Lipinski definition) is 2. The standard InChI is InChI=1S/C15H16N2/c1-12(5-8-16)14-3-2-4-15(11-14)13-6-9-17-10-7-13/h2-4,6-7,9,11-12,17H,5,10H2,1H3. The highest BCUT2D eigenvalue weighted by atomic mass is 14.8. The van der Waals surface area contributed by atoms with Gasteiger partial charge in [-0.25, -0.2) is 0 Å². The van der Waals surface area contributed by atoms with E-state index in [1.54, 1.807) is 0 Å². The average Bonchev–Trinajstić information content (AvgIpc) is 2.40. The first-order chi connectivity index (χ1) is 8.31. The molecule has 1 aromatic rings. The second-order valence-electron chi connectivity index (χ2n) is 4.29. The van der Waals surface area contributed by atoms with E-state index >= 15 is 0 Å². The van der Waals surface area contributed by atoms with Crippen molar-refractivity contribution in [1.29, 1.82) is 5.26 Å². The van der Waals surface area contributed by atoms with Crippen molar-refractivity contribution in [3.05, 3.63) is 53.7 Å². The summed E-state index contributed by atoms with van der Waals surface area (Å²) in [5, 5.41) is 11.9. The Morgan fingerprint density at radius 3 is 3.06 bits per heavy atom. The number of hydrogen-bond donors (Lipinski definition) is 1. The molecule has 0 bridgehead atoms. The molecule has 1 aliphatic heterocycles. The molecule has 1 aliphatic rings. The average molecular weight is 224 g/mol. The first kappa shape index (κ1) is 11.5. The van der Waals surface area contributed by atoms with Crippen molar-refractivity contribution in [1.82, 2.24) is 5.32 Å². The number of nitrogens with zero attached hydrogens (tertiary/aromatic N) is 1. The van der Waals surface area contributed by atoms with Crippen molar-refractivity contribution in [2.24, 2.45) is 0 Å². The Morgan fingerprint density at radius 1 is 1.47 bits per heavy atom. The largest absolute Gasteiger partial charge is 0.387 e. The molecule has 0 saturated carbocycles. The summed E-state index contributed by atoms with van der Waals surface area (Å²) in [6.07, 6.45) is 6.80. The summed E-state index contributed by atoms with van der Waals surface area (Å²) in [5.74, 6) is 0.297. The molecule has 1 N–H and O–H groups in total. The van der Waals surface area contributed by atoms with Crippen LogP contribution in [0.2, 0.25) is 0 Å². The molecule has 0 saturated heterocycles. The molecule has 1 heterocycles. The SMILES string of the molecule is CC(CC#N)c1cccc(C2=CCNC=C2)c1. The molecule has 0 amide bonds. The first-order valence-electron chi connectivity index (χ1n) is 5.88. The normalized spacial score (nSPS) is 15.6. The van der Waals surface area contributed by atoms with Crippen LogP contribution in [0.4, 0.5) is 0 Å². The summed E-state index contributed by atoms with van der Waals surface area (Å²) in [7, 11) is 0. The molecular formula is C15H16N2. The Morgan fingerprint density at radius 2 is 2.35 bits per heavy atom. The van der Waals surface area contributed by atoms with Gasteiger partial charge in [0, 0.05) is 13.0 Å². The molecule has 0 spiro atoms. The van der Waals surface area contributed by atoms with Crippen LogP contribution in [0.1, 0.15) is 30.4 Å².